The lowest BCUT2D eigenvalue weighted by atomic mass is 10.1. The first-order chi connectivity index (χ1) is 12.8. The van der Waals surface area contributed by atoms with Crippen molar-refractivity contribution in [2.45, 2.75) is 6.61 Å². The van der Waals surface area contributed by atoms with Gasteiger partial charge in [-0.15, -0.1) is 0 Å². The van der Waals surface area contributed by atoms with Gasteiger partial charge in [-0.2, -0.15) is 0 Å². The second-order valence-corrected chi connectivity index (χ2v) is 6.77. The summed E-state index contributed by atoms with van der Waals surface area (Å²) < 4.78 is 19.0. The maximum Gasteiger partial charge on any atom is 0.263 e. The molecule has 2 amide bonds. The monoisotopic (exact) mass is 424 g/mol. The summed E-state index contributed by atoms with van der Waals surface area (Å²) in [5.41, 5.74) is 0.715. The first-order valence-corrected chi connectivity index (χ1v) is 8.74. The van der Waals surface area contributed by atoms with Gasteiger partial charge in [0.1, 0.15) is 23.7 Å². The van der Waals surface area contributed by atoms with Crippen molar-refractivity contribution in [1.82, 2.24) is 10.6 Å². The van der Waals surface area contributed by atoms with Gasteiger partial charge in [0.05, 0.1) is 5.02 Å². The van der Waals surface area contributed by atoms with Gasteiger partial charge in [-0.05, 0) is 48.1 Å². The van der Waals surface area contributed by atoms with E-state index < -0.39 is 17.6 Å². The van der Waals surface area contributed by atoms with Gasteiger partial charge < -0.3 is 4.74 Å². The Bertz CT molecular complexity index is 973. The first kappa shape index (κ1) is 19.3. The Balaban J connectivity index is 1.95. The lowest BCUT2D eigenvalue weighted by molar-refractivity contribution is -0.123. The third-order valence-corrected chi connectivity index (χ3v) is 4.26. The summed E-state index contributed by atoms with van der Waals surface area (Å²) >= 11 is 17.0. The topological polar surface area (TPSA) is 67.4 Å². The van der Waals surface area contributed by atoms with Gasteiger partial charge in [-0.25, -0.2) is 4.39 Å². The van der Waals surface area contributed by atoms with Crippen molar-refractivity contribution in [2.24, 2.45) is 0 Å². The van der Waals surface area contributed by atoms with Crippen LogP contribution in [-0.2, 0) is 16.2 Å². The van der Waals surface area contributed by atoms with Crippen LogP contribution in [0.15, 0.2) is 42.0 Å². The first-order valence-electron chi connectivity index (χ1n) is 7.58. The molecule has 9 heteroatoms. The summed E-state index contributed by atoms with van der Waals surface area (Å²) in [6, 6.07) is 8.84. The maximum atomic E-state index is 13.3. The number of rotatable bonds is 4. The van der Waals surface area contributed by atoms with Crippen LogP contribution in [0.25, 0.3) is 6.08 Å². The molecule has 1 saturated heterocycles. The lowest BCUT2D eigenvalue weighted by Crippen LogP contribution is -2.51. The predicted molar refractivity (Wildman–Crippen MR) is 104 cm³/mol. The Hall–Kier alpha value is -2.48. The minimum Gasteiger partial charge on any atom is -0.487 e. The number of hydrogen-bond acceptors (Lipinski definition) is 4. The Morgan fingerprint density at radius 2 is 1.81 bits per heavy atom. The lowest BCUT2D eigenvalue weighted by Gasteiger charge is -2.17. The Labute approximate surface area is 169 Å². The van der Waals surface area contributed by atoms with E-state index in [0.29, 0.717) is 11.1 Å². The molecule has 1 heterocycles. The minimum absolute atomic E-state index is 0.0256. The fourth-order valence-corrected chi connectivity index (χ4v) is 3.13. The van der Waals surface area contributed by atoms with E-state index in [1.807, 2.05) is 0 Å². The van der Waals surface area contributed by atoms with Crippen LogP contribution in [0.4, 0.5) is 4.39 Å². The average molecular weight is 425 g/mol. The maximum absolute atomic E-state index is 13.3. The molecule has 0 aliphatic carbocycles. The molecule has 0 aromatic heterocycles. The molecule has 1 aliphatic heterocycles. The van der Waals surface area contributed by atoms with Gasteiger partial charge in [0.2, 0.25) is 0 Å². The van der Waals surface area contributed by atoms with Crippen molar-refractivity contribution < 1.29 is 18.7 Å². The standard InChI is InChI=1S/C18H11Cl2FN2O3S/c19-11-5-10(6-13-16(24)22-18(27)23-17(13)25)15(14(20)7-11)26-8-9-2-1-3-12(21)4-9/h1-7H,8H2,(H2,22,23,24,25,27). The molecular formula is C18H11Cl2FN2O3S. The summed E-state index contributed by atoms with van der Waals surface area (Å²) in [4.78, 5) is 24.1. The summed E-state index contributed by atoms with van der Waals surface area (Å²) in [5.74, 6) is -1.51. The highest BCUT2D eigenvalue weighted by atomic mass is 35.5. The third kappa shape index (κ3) is 4.63. The molecule has 27 heavy (non-hydrogen) atoms. The molecule has 5 nitrogen and oxygen atoms in total. The number of benzene rings is 2. The molecule has 1 aliphatic rings. The number of halogens is 3. The van der Waals surface area contributed by atoms with Crippen LogP contribution < -0.4 is 15.4 Å². The van der Waals surface area contributed by atoms with Crippen LogP contribution in [-0.4, -0.2) is 16.9 Å². The predicted octanol–water partition coefficient (Wildman–Crippen LogP) is 3.63. The Morgan fingerprint density at radius 1 is 1.11 bits per heavy atom. The van der Waals surface area contributed by atoms with Gasteiger partial charge in [0.15, 0.2) is 5.11 Å². The van der Waals surface area contributed by atoms with Crippen LogP contribution in [0.3, 0.4) is 0 Å². The van der Waals surface area contributed by atoms with Crippen LogP contribution in [0, 0.1) is 5.82 Å². The van der Waals surface area contributed by atoms with Gasteiger partial charge in [-0.3, -0.25) is 20.2 Å². The molecule has 138 valence electrons. The van der Waals surface area contributed by atoms with E-state index in [1.54, 1.807) is 12.1 Å². The molecule has 0 radical (unpaired) electrons. The summed E-state index contributed by atoms with van der Waals surface area (Å²) in [6.45, 7) is 0.0256. The van der Waals surface area contributed by atoms with Crippen molar-refractivity contribution in [1.29, 1.82) is 0 Å². The average Bonchev–Trinajstić information content (AvgIpc) is 2.57. The highest BCUT2D eigenvalue weighted by Gasteiger charge is 2.26. The number of amides is 2. The minimum atomic E-state index is -0.657. The van der Waals surface area contributed by atoms with Crippen LogP contribution in [0.1, 0.15) is 11.1 Å². The van der Waals surface area contributed by atoms with Gasteiger partial charge in [0.25, 0.3) is 11.8 Å². The number of thiocarbonyl (C=S) groups is 1. The molecule has 0 atom stereocenters. The van der Waals surface area contributed by atoms with Crippen LogP contribution in [0.5, 0.6) is 5.75 Å². The van der Waals surface area contributed by atoms with E-state index >= 15 is 0 Å². The summed E-state index contributed by atoms with van der Waals surface area (Å²) in [7, 11) is 0. The van der Waals surface area contributed by atoms with Crippen molar-refractivity contribution >= 4 is 58.4 Å². The molecule has 2 aromatic carbocycles. The zero-order chi connectivity index (χ0) is 19.6. The largest absolute Gasteiger partial charge is 0.487 e. The molecule has 0 spiro atoms. The van der Waals surface area contributed by atoms with Gasteiger partial charge >= 0.3 is 0 Å². The van der Waals surface area contributed by atoms with E-state index in [2.05, 4.69) is 10.6 Å². The Kier molecular flexibility index (Phi) is 5.74. The van der Waals surface area contributed by atoms with Crippen molar-refractivity contribution in [2.75, 3.05) is 0 Å². The quantitative estimate of drug-likeness (QED) is 0.446. The third-order valence-electron chi connectivity index (χ3n) is 3.55. The van der Waals surface area contributed by atoms with E-state index in [0.717, 1.165) is 0 Å². The van der Waals surface area contributed by atoms with Crippen molar-refractivity contribution in [3.8, 4) is 5.75 Å². The number of hydrogen-bond donors (Lipinski definition) is 2. The number of nitrogens with one attached hydrogen (secondary N) is 2. The fourth-order valence-electron chi connectivity index (χ4n) is 2.38. The van der Waals surface area contributed by atoms with Crippen LogP contribution >= 0.6 is 35.4 Å². The SMILES string of the molecule is O=C1NC(=S)NC(=O)C1=Cc1cc(Cl)cc(Cl)c1OCc1cccc(F)c1. The normalized spacial score (nSPS) is 13.9. The van der Waals surface area contributed by atoms with Crippen molar-refractivity contribution in [3.63, 3.8) is 0 Å². The molecule has 3 rings (SSSR count). The summed E-state index contributed by atoms with van der Waals surface area (Å²) in [6.07, 6.45) is 1.30. The second kappa shape index (κ2) is 8.04. The smallest absolute Gasteiger partial charge is 0.263 e. The molecule has 0 unspecified atom stereocenters. The highest BCUT2D eigenvalue weighted by molar-refractivity contribution is 7.80. The van der Waals surface area contributed by atoms with E-state index in [1.165, 1.54) is 30.3 Å². The van der Waals surface area contributed by atoms with E-state index in [9.17, 15) is 14.0 Å². The molecule has 0 bridgehead atoms. The molecule has 1 fully saturated rings. The zero-order valence-corrected chi connectivity index (χ0v) is 15.8. The van der Waals surface area contributed by atoms with E-state index in [4.69, 9.17) is 40.2 Å². The molecular weight excluding hydrogens is 414 g/mol. The molecule has 2 aromatic rings. The fraction of sp³-hybridized carbons (Fsp3) is 0.0556. The Morgan fingerprint density at radius 3 is 2.48 bits per heavy atom. The number of ether oxygens (including phenoxy) is 1. The van der Waals surface area contributed by atoms with Crippen molar-refractivity contribution in [3.05, 3.63) is 69.0 Å². The molecule has 2 N–H and O–H groups in total. The van der Waals surface area contributed by atoms with E-state index in [-0.39, 0.29) is 33.1 Å². The molecule has 0 saturated carbocycles. The second-order valence-electron chi connectivity index (χ2n) is 5.52. The highest BCUT2D eigenvalue weighted by Crippen LogP contribution is 2.34. The number of carbonyl (C=O) groups is 2. The van der Waals surface area contributed by atoms with Crippen LogP contribution in [0.2, 0.25) is 10.0 Å². The zero-order valence-electron chi connectivity index (χ0n) is 13.5. The summed E-state index contributed by atoms with van der Waals surface area (Å²) in [5, 5.41) is 5.07. The van der Waals surface area contributed by atoms with Gasteiger partial charge in [0, 0.05) is 10.6 Å². The number of carbonyl (C=O) groups excluding carboxylic acids is 2. The van der Waals surface area contributed by atoms with Gasteiger partial charge in [-0.1, -0.05) is 35.3 Å².